The Bertz CT molecular complexity index is 1120. The summed E-state index contributed by atoms with van der Waals surface area (Å²) < 4.78 is 5.78. The molecule has 3 aromatic rings. The molecule has 0 unspecified atom stereocenters. The largest absolute Gasteiger partial charge is 0.494 e. The number of nitrogens with one attached hydrogen (secondary N) is 3. The average molecular weight is 452 g/mol. The predicted octanol–water partition coefficient (Wildman–Crippen LogP) is 4.39. The van der Waals surface area contributed by atoms with E-state index in [-0.39, 0.29) is 5.91 Å². The summed E-state index contributed by atoms with van der Waals surface area (Å²) in [7, 11) is 4.12. The molecule has 1 aromatic heterocycles. The van der Waals surface area contributed by atoms with Crippen molar-refractivity contribution < 1.29 is 9.53 Å². The Labute approximate surface area is 192 Å². The van der Waals surface area contributed by atoms with E-state index in [0.29, 0.717) is 29.4 Å². The minimum Gasteiger partial charge on any atom is -0.494 e. The Kier molecular flexibility index (Phi) is 6.78. The Balaban J connectivity index is 1.33. The molecule has 8 heteroatoms. The van der Waals surface area contributed by atoms with Crippen molar-refractivity contribution >= 4 is 34.6 Å². The molecular formula is C24H26ClN5O2. The maximum atomic E-state index is 12.2. The molecule has 166 valence electrons. The van der Waals surface area contributed by atoms with E-state index in [9.17, 15) is 4.79 Å². The molecule has 0 fully saturated rings. The molecule has 0 saturated heterocycles. The molecule has 2 heterocycles. The van der Waals surface area contributed by atoms with Gasteiger partial charge in [-0.2, -0.15) is 5.10 Å². The third kappa shape index (κ3) is 5.49. The summed E-state index contributed by atoms with van der Waals surface area (Å²) in [5, 5.41) is 13.9. The number of hydrogen-bond acceptors (Lipinski definition) is 5. The van der Waals surface area contributed by atoms with Crippen LogP contribution in [0.4, 0.5) is 11.5 Å². The van der Waals surface area contributed by atoms with Gasteiger partial charge in [0.25, 0.3) is 5.91 Å². The van der Waals surface area contributed by atoms with Crippen LogP contribution in [0.25, 0.3) is 5.57 Å². The molecule has 0 atom stereocenters. The number of nitrogens with zero attached hydrogens (tertiary/aromatic N) is 2. The summed E-state index contributed by atoms with van der Waals surface area (Å²) in [6.45, 7) is 1.71. The highest BCUT2D eigenvalue weighted by atomic mass is 35.5. The molecule has 1 amide bonds. The maximum absolute atomic E-state index is 12.2. The summed E-state index contributed by atoms with van der Waals surface area (Å²) in [5.41, 5.74) is 4.09. The van der Waals surface area contributed by atoms with Crippen molar-refractivity contribution in [2.45, 2.75) is 12.8 Å². The number of ether oxygens (including phenoxy) is 1. The van der Waals surface area contributed by atoms with E-state index in [2.05, 4.69) is 52.0 Å². The molecule has 32 heavy (non-hydrogen) atoms. The van der Waals surface area contributed by atoms with Crippen LogP contribution >= 0.6 is 11.6 Å². The Hall–Kier alpha value is -3.29. The van der Waals surface area contributed by atoms with Crippen LogP contribution in [0, 0.1) is 0 Å². The molecule has 2 aromatic carbocycles. The first-order chi connectivity index (χ1) is 15.5. The number of rotatable bonds is 9. The zero-order chi connectivity index (χ0) is 22.5. The van der Waals surface area contributed by atoms with Crippen molar-refractivity contribution in [1.29, 1.82) is 0 Å². The number of carbonyl (C=O) groups is 1. The number of fused-ring (bicyclic) bond motifs is 1. The van der Waals surface area contributed by atoms with Crippen LogP contribution in [0.5, 0.6) is 5.75 Å². The Morgan fingerprint density at radius 1 is 1.16 bits per heavy atom. The van der Waals surface area contributed by atoms with Crippen LogP contribution in [-0.4, -0.2) is 48.3 Å². The summed E-state index contributed by atoms with van der Waals surface area (Å²) in [6, 6.07) is 15.3. The van der Waals surface area contributed by atoms with E-state index in [1.54, 1.807) is 24.4 Å². The van der Waals surface area contributed by atoms with Crippen molar-refractivity contribution in [1.82, 2.24) is 15.1 Å². The molecule has 0 saturated carbocycles. The quantitative estimate of drug-likeness (QED) is 0.332. The lowest BCUT2D eigenvalue weighted by atomic mass is 10.1. The van der Waals surface area contributed by atoms with Gasteiger partial charge in [-0.15, -0.1) is 0 Å². The van der Waals surface area contributed by atoms with E-state index in [0.717, 1.165) is 41.2 Å². The van der Waals surface area contributed by atoms with E-state index in [1.165, 1.54) is 0 Å². The number of aromatic amines is 1. The van der Waals surface area contributed by atoms with Gasteiger partial charge in [0.15, 0.2) is 0 Å². The van der Waals surface area contributed by atoms with Crippen LogP contribution < -0.4 is 15.4 Å². The normalized spacial score (nSPS) is 14.0. The van der Waals surface area contributed by atoms with Gasteiger partial charge < -0.3 is 20.3 Å². The van der Waals surface area contributed by atoms with Crippen molar-refractivity contribution in [3.63, 3.8) is 0 Å². The van der Waals surface area contributed by atoms with Gasteiger partial charge in [0.1, 0.15) is 11.6 Å². The van der Waals surface area contributed by atoms with Gasteiger partial charge >= 0.3 is 0 Å². The van der Waals surface area contributed by atoms with Gasteiger partial charge in [-0.25, -0.2) is 0 Å². The number of benzene rings is 2. The predicted molar refractivity (Wildman–Crippen MR) is 128 cm³/mol. The van der Waals surface area contributed by atoms with Crippen LogP contribution in [0.3, 0.4) is 0 Å². The van der Waals surface area contributed by atoms with Crippen molar-refractivity contribution in [2.75, 3.05) is 37.9 Å². The molecule has 0 spiro atoms. The zero-order valence-electron chi connectivity index (χ0n) is 18.1. The monoisotopic (exact) mass is 451 g/mol. The first-order valence-corrected chi connectivity index (χ1v) is 10.8. The van der Waals surface area contributed by atoms with E-state index < -0.39 is 0 Å². The molecule has 4 rings (SSSR count). The average Bonchev–Trinajstić information content (AvgIpc) is 3.33. The fourth-order valence-corrected chi connectivity index (χ4v) is 3.64. The third-order valence-electron chi connectivity index (χ3n) is 5.09. The lowest BCUT2D eigenvalue weighted by molar-refractivity contribution is -0.110. The number of aromatic nitrogens is 2. The van der Waals surface area contributed by atoms with Crippen LogP contribution in [0.15, 0.2) is 54.7 Å². The van der Waals surface area contributed by atoms with Gasteiger partial charge in [0.05, 0.1) is 17.9 Å². The van der Waals surface area contributed by atoms with Gasteiger partial charge in [0, 0.05) is 41.5 Å². The number of H-pyrrole nitrogens is 1. The molecule has 0 radical (unpaired) electrons. The highest BCUT2D eigenvalue weighted by Gasteiger charge is 2.24. The summed E-state index contributed by atoms with van der Waals surface area (Å²) in [6.07, 6.45) is 3.35. The van der Waals surface area contributed by atoms with Crippen molar-refractivity contribution in [3.05, 3.63) is 76.6 Å². The SMILES string of the molecule is CN(C)CCCOc1ccc(Cc2cc(NC=C3C(=O)Nc4ccc(Cl)cc43)[nH]n2)cc1. The van der Waals surface area contributed by atoms with E-state index >= 15 is 0 Å². The zero-order valence-corrected chi connectivity index (χ0v) is 18.9. The van der Waals surface area contributed by atoms with Gasteiger partial charge in [-0.1, -0.05) is 23.7 Å². The molecule has 1 aliphatic rings. The van der Waals surface area contributed by atoms with Crippen molar-refractivity contribution in [3.8, 4) is 5.75 Å². The Morgan fingerprint density at radius 2 is 1.97 bits per heavy atom. The van der Waals surface area contributed by atoms with Gasteiger partial charge in [0.2, 0.25) is 0 Å². The minimum atomic E-state index is -0.168. The van der Waals surface area contributed by atoms with Crippen LogP contribution in [-0.2, 0) is 11.2 Å². The first-order valence-electron chi connectivity index (χ1n) is 10.5. The number of hydrogen-bond donors (Lipinski definition) is 3. The summed E-state index contributed by atoms with van der Waals surface area (Å²) >= 11 is 6.07. The first kappa shape index (κ1) is 21.9. The highest BCUT2D eigenvalue weighted by Crippen LogP contribution is 2.33. The number of anilines is 2. The smallest absolute Gasteiger partial charge is 0.257 e. The van der Waals surface area contributed by atoms with E-state index in [4.69, 9.17) is 16.3 Å². The maximum Gasteiger partial charge on any atom is 0.257 e. The topological polar surface area (TPSA) is 82.3 Å². The number of amides is 1. The second-order valence-electron chi connectivity index (χ2n) is 7.95. The Morgan fingerprint density at radius 3 is 2.75 bits per heavy atom. The standard InChI is InChI=1S/C24H26ClN5O2/c1-30(2)10-3-11-32-19-7-4-16(5-8-19)12-18-14-23(29-28-18)26-15-21-20-13-17(25)6-9-22(20)27-24(21)31/h4-9,13-15H,3,10-12H2,1-2H3,(H,27,31)(H2,26,28,29). The second kappa shape index (κ2) is 9.89. The molecule has 0 aliphatic carbocycles. The van der Waals surface area contributed by atoms with Crippen LogP contribution in [0.1, 0.15) is 23.2 Å². The lowest BCUT2D eigenvalue weighted by Gasteiger charge is -2.10. The summed E-state index contributed by atoms with van der Waals surface area (Å²) in [5.74, 6) is 1.41. The molecule has 1 aliphatic heterocycles. The fourth-order valence-electron chi connectivity index (χ4n) is 3.46. The minimum absolute atomic E-state index is 0.168. The summed E-state index contributed by atoms with van der Waals surface area (Å²) in [4.78, 5) is 14.4. The molecule has 3 N–H and O–H groups in total. The van der Waals surface area contributed by atoms with Gasteiger partial charge in [-0.05, 0) is 56.4 Å². The lowest BCUT2D eigenvalue weighted by Crippen LogP contribution is -2.15. The van der Waals surface area contributed by atoms with Crippen molar-refractivity contribution in [2.24, 2.45) is 0 Å². The van der Waals surface area contributed by atoms with Gasteiger partial charge in [-0.3, -0.25) is 9.89 Å². The van der Waals surface area contributed by atoms with E-state index in [1.807, 2.05) is 18.2 Å². The fraction of sp³-hybridized carbons (Fsp3) is 0.250. The van der Waals surface area contributed by atoms with Crippen LogP contribution in [0.2, 0.25) is 5.02 Å². The number of carbonyl (C=O) groups excluding carboxylic acids is 1. The second-order valence-corrected chi connectivity index (χ2v) is 8.38. The molecular weight excluding hydrogens is 426 g/mol. The number of halogens is 1. The molecule has 0 bridgehead atoms. The molecule has 7 nitrogen and oxygen atoms in total. The third-order valence-corrected chi connectivity index (χ3v) is 5.33. The highest BCUT2D eigenvalue weighted by molar-refractivity contribution is 6.34.